The van der Waals surface area contributed by atoms with Gasteiger partial charge in [-0.1, -0.05) is 46.9 Å². The molecule has 0 bridgehead atoms. The molecule has 0 aliphatic carbocycles. The number of nitrogens with one attached hydrogen (secondary N) is 1. The van der Waals surface area contributed by atoms with Gasteiger partial charge in [0, 0.05) is 5.69 Å². The first-order chi connectivity index (χ1) is 16.2. The van der Waals surface area contributed by atoms with E-state index in [4.69, 9.17) is 44.3 Å². The topological polar surface area (TPSA) is 71.3 Å². The van der Waals surface area contributed by atoms with E-state index >= 15 is 0 Å². The molecule has 0 spiro atoms. The summed E-state index contributed by atoms with van der Waals surface area (Å²) in [7, 11) is 1.48. The van der Waals surface area contributed by atoms with Gasteiger partial charge in [0.25, 0.3) is 5.91 Å². The van der Waals surface area contributed by atoms with E-state index in [0.717, 1.165) is 16.7 Å². The summed E-state index contributed by atoms with van der Waals surface area (Å²) < 4.78 is 11.3. The molecular formula is C26H21Cl3N2O3. The minimum absolute atomic E-state index is 0.0826. The Kier molecular flexibility index (Phi) is 8.46. The van der Waals surface area contributed by atoms with Crippen molar-refractivity contribution in [1.29, 1.82) is 5.26 Å². The Hall–Kier alpha value is -3.17. The number of nitriles is 1. The van der Waals surface area contributed by atoms with Crippen LogP contribution < -0.4 is 14.8 Å². The Balaban J connectivity index is 1.82. The number of methoxy groups -OCH3 is 1. The SMILES string of the molecule is COc1cc(/C=C(\C#N)C(=O)Nc2ccc(C)c(C)c2)cc(Cl)c1OCc1ccc(Cl)c(Cl)c1. The molecule has 0 radical (unpaired) electrons. The Labute approximate surface area is 213 Å². The molecule has 0 aliphatic heterocycles. The molecule has 5 nitrogen and oxygen atoms in total. The van der Waals surface area contributed by atoms with Crippen LogP contribution in [0.1, 0.15) is 22.3 Å². The first kappa shape index (κ1) is 25.5. The number of rotatable bonds is 7. The molecular weight excluding hydrogens is 495 g/mol. The molecule has 8 heteroatoms. The number of nitrogens with zero attached hydrogens (tertiary/aromatic N) is 1. The first-order valence-electron chi connectivity index (χ1n) is 10.2. The first-order valence-corrected chi connectivity index (χ1v) is 11.3. The highest BCUT2D eigenvalue weighted by Crippen LogP contribution is 2.38. The fraction of sp³-hybridized carbons (Fsp3) is 0.154. The fourth-order valence-electron chi connectivity index (χ4n) is 3.08. The van der Waals surface area contributed by atoms with Crippen LogP contribution in [-0.4, -0.2) is 13.0 Å². The normalized spacial score (nSPS) is 11.0. The zero-order valence-corrected chi connectivity index (χ0v) is 21.0. The highest BCUT2D eigenvalue weighted by molar-refractivity contribution is 6.42. The number of aryl methyl sites for hydroxylation is 2. The molecule has 34 heavy (non-hydrogen) atoms. The summed E-state index contributed by atoms with van der Waals surface area (Å²) in [5.74, 6) is 0.150. The Bertz CT molecular complexity index is 1310. The lowest BCUT2D eigenvalue weighted by atomic mass is 10.1. The van der Waals surface area contributed by atoms with Gasteiger partial charge in [0.05, 0.1) is 22.2 Å². The van der Waals surface area contributed by atoms with Gasteiger partial charge in [-0.3, -0.25) is 4.79 Å². The molecule has 3 rings (SSSR count). The molecule has 0 atom stereocenters. The van der Waals surface area contributed by atoms with Gasteiger partial charge in [-0.05, 0) is 78.6 Å². The lowest BCUT2D eigenvalue weighted by Crippen LogP contribution is -2.13. The van der Waals surface area contributed by atoms with Crippen molar-refractivity contribution in [3.63, 3.8) is 0 Å². The minimum atomic E-state index is -0.527. The largest absolute Gasteiger partial charge is 0.493 e. The van der Waals surface area contributed by atoms with Gasteiger partial charge in [-0.15, -0.1) is 0 Å². The molecule has 0 heterocycles. The van der Waals surface area contributed by atoms with Gasteiger partial charge >= 0.3 is 0 Å². The summed E-state index contributed by atoms with van der Waals surface area (Å²) in [6.07, 6.45) is 1.44. The number of hydrogen-bond acceptors (Lipinski definition) is 4. The molecule has 0 fully saturated rings. The van der Waals surface area contributed by atoms with E-state index in [1.54, 1.807) is 36.4 Å². The maximum absolute atomic E-state index is 12.7. The summed E-state index contributed by atoms with van der Waals surface area (Å²) in [6, 6.07) is 15.9. The van der Waals surface area contributed by atoms with Crippen molar-refractivity contribution in [2.45, 2.75) is 20.5 Å². The summed E-state index contributed by atoms with van der Waals surface area (Å²) >= 11 is 18.4. The molecule has 174 valence electrons. The average Bonchev–Trinajstić information content (AvgIpc) is 2.80. The third-order valence-electron chi connectivity index (χ3n) is 5.06. The van der Waals surface area contributed by atoms with Crippen molar-refractivity contribution in [3.05, 3.63) is 91.4 Å². The molecule has 0 aliphatic rings. The van der Waals surface area contributed by atoms with E-state index in [1.165, 1.54) is 13.2 Å². The van der Waals surface area contributed by atoms with Gasteiger partial charge in [0.15, 0.2) is 11.5 Å². The number of halogens is 3. The van der Waals surface area contributed by atoms with E-state index in [2.05, 4.69) is 5.32 Å². The smallest absolute Gasteiger partial charge is 0.266 e. The Morgan fingerprint density at radius 1 is 1.00 bits per heavy atom. The molecule has 3 aromatic rings. The van der Waals surface area contributed by atoms with Crippen molar-refractivity contribution in [2.24, 2.45) is 0 Å². The predicted octanol–water partition coefficient (Wildman–Crippen LogP) is 7.40. The third-order valence-corrected chi connectivity index (χ3v) is 6.08. The van der Waals surface area contributed by atoms with Crippen molar-refractivity contribution in [2.75, 3.05) is 12.4 Å². The molecule has 3 aromatic carbocycles. The van der Waals surface area contributed by atoms with Crippen LogP contribution in [0, 0.1) is 25.2 Å². The third kappa shape index (κ3) is 6.24. The quantitative estimate of drug-likeness (QED) is 0.263. The van der Waals surface area contributed by atoms with Crippen molar-refractivity contribution in [3.8, 4) is 17.6 Å². The average molecular weight is 516 g/mol. The van der Waals surface area contributed by atoms with Gasteiger partial charge in [0.2, 0.25) is 0 Å². The van der Waals surface area contributed by atoms with Crippen LogP contribution in [-0.2, 0) is 11.4 Å². The monoisotopic (exact) mass is 514 g/mol. The number of benzene rings is 3. The molecule has 0 unspecified atom stereocenters. The van der Waals surface area contributed by atoms with E-state index in [-0.39, 0.29) is 17.2 Å². The summed E-state index contributed by atoms with van der Waals surface area (Å²) in [6.45, 7) is 4.12. The highest BCUT2D eigenvalue weighted by atomic mass is 35.5. The zero-order valence-electron chi connectivity index (χ0n) is 18.7. The number of hydrogen-bond donors (Lipinski definition) is 1. The minimum Gasteiger partial charge on any atom is -0.493 e. The van der Waals surface area contributed by atoms with E-state index < -0.39 is 5.91 Å². The zero-order chi connectivity index (χ0) is 24.8. The summed E-state index contributed by atoms with van der Waals surface area (Å²) in [5, 5.41) is 13.4. The molecule has 1 N–H and O–H groups in total. The Morgan fingerprint density at radius 3 is 2.41 bits per heavy atom. The van der Waals surface area contributed by atoms with Gasteiger partial charge in [0.1, 0.15) is 18.2 Å². The second-order valence-corrected chi connectivity index (χ2v) is 8.72. The number of anilines is 1. The van der Waals surface area contributed by atoms with Crippen molar-refractivity contribution in [1.82, 2.24) is 0 Å². The van der Waals surface area contributed by atoms with Crippen LogP contribution in [0.5, 0.6) is 11.5 Å². The lowest BCUT2D eigenvalue weighted by Gasteiger charge is -2.14. The van der Waals surface area contributed by atoms with E-state index in [9.17, 15) is 10.1 Å². The van der Waals surface area contributed by atoms with Crippen LogP contribution in [0.3, 0.4) is 0 Å². The molecule has 0 saturated heterocycles. The second-order valence-electron chi connectivity index (χ2n) is 7.49. The summed E-state index contributed by atoms with van der Waals surface area (Å²) in [5.41, 5.74) is 3.98. The molecule has 0 saturated carbocycles. The van der Waals surface area contributed by atoms with Crippen LogP contribution in [0.2, 0.25) is 15.1 Å². The lowest BCUT2D eigenvalue weighted by molar-refractivity contribution is -0.112. The maximum Gasteiger partial charge on any atom is 0.266 e. The van der Waals surface area contributed by atoms with E-state index in [0.29, 0.717) is 32.8 Å². The van der Waals surface area contributed by atoms with Crippen LogP contribution in [0.15, 0.2) is 54.1 Å². The van der Waals surface area contributed by atoms with Gasteiger partial charge < -0.3 is 14.8 Å². The molecule has 1 amide bonds. The number of carbonyl (C=O) groups is 1. The predicted molar refractivity (Wildman–Crippen MR) is 137 cm³/mol. The van der Waals surface area contributed by atoms with Crippen molar-refractivity contribution < 1.29 is 14.3 Å². The highest BCUT2D eigenvalue weighted by Gasteiger charge is 2.15. The second kappa shape index (κ2) is 11.3. The number of ether oxygens (including phenoxy) is 2. The van der Waals surface area contributed by atoms with Crippen LogP contribution in [0.25, 0.3) is 6.08 Å². The Morgan fingerprint density at radius 2 is 1.76 bits per heavy atom. The summed E-state index contributed by atoms with van der Waals surface area (Å²) in [4.78, 5) is 12.7. The number of amides is 1. The van der Waals surface area contributed by atoms with E-state index in [1.807, 2.05) is 32.0 Å². The van der Waals surface area contributed by atoms with Crippen LogP contribution in [0.4, 0.5) is 5.69 Å². The van der Waals surface area contributed by atoms with Crippen LogP contribution >= 0.6 is 34.8 Å². The standard InChI is InChI=1S/C26H21Cl3N2O3/c1-15-4-6-20(8-16(15)2)31-26(32)19(13-30)9-18-11-23(29)25(24(12-18)33-3)34-14-17-5-7-21(27)22(28)10-17/h4-12H,14H2,1-3H3,(H,31,32)/b19-9+. The molecule has 0 aromatic heterocycles. The number of carbonyl (C=O) groups excluding carboxylic acids is 1. The van der Waals surface area contributed by atoms with Crippen molar-refractivity contribution >= 4 is 52.5 Å². The maximum atomic E-state index is 12.7. The van der Waals surface area contributed by atoms with Gasteiger partial charge in [-0.25, -0.2) is 0 Å². The fourth-order valence-corrected chi connectivity index (χ4v) is 3.68. The van der Waals surface area contributed by atoms with Gasteiger partial charge in [-0.2, -0.15) is 5.26 Å².